The number of hydrogen-bond acceptors (Lipinski definition) is 8. The number of benzene rings is 3. The van der Waals surface area contributed by atoms with Crippen molar-refractivity contribution in [2.45, 2.75) is 6.04 Å². The monoisotopic (exact) mass is 559 g/mol. The van der Waals surface area contributed by atoms with Gasteiger partial charge < -0.3 is 29.5 Å². The first kappa shape index (κ1) is 25.0. The first-order valence-corrected chi connectivity index (χ1v) is 12.1. The number of nitrogens with zero attached hydrogens (tertiary/aromatic N) is 2. The van der Waals surface area contributed by atoms with E-state index in [4.69, 9.17) is 20.8 Å². The summed E-state index contributed by atoms with van der Waals surface area (Å²) < 4.78 is 11.1. The highest BCUT2D eigenvalue weighted by atomic mass is 35.5. The molecule has 40 heavy (non-hydrogen) atoms. The predicted octanol–water partition coefficient (Wildman–Crippen LogP) is 5.16. The standard InChI is InChI=1S/C28H18ClN3O8/c1-39-20-11-15(29)8-14-10-19(40-25(14)20)23(34)21-22(12-2-5-16(33)6-3-12)32(26(36)24(21)35)28-30-17-7-4-13(27(37)38)9-18(17)31-28/h2-11,22,33,35H,1H3,(H,30,31)(H,37,38). The number of carboxylic acid groups (broad SMARTS) is 1. The van der Waals surface area contributed by atoms with Gasteiger partial charge in [0, 0.05) is 16.5 Å². The molecule has 1 aliphatic heterocycles. The molecule has 1 atom stereocenters. The number of amides is 1. The Kier molecular flexibility index (Phi) is 5.74. The first-order valence-electron chi connectivity index (χ1n) is 11.8. The predicted molar refractivity (Wildman–Crippen MR) is 143 cm³/mol. The number of ether oxygens (including phenoxy) is 1. The van der Waals surface area contributed by atoms with E-state index in [0.717, 1.165) is 4.90 Å². The molecule has 1 unspecified atom stereocenters. The van der Waals surface area contributed by atoms with E-state index in [1.54, 1.807) is 6.07 Å². The van der Waals surface area contributed by atoms with E-state index in [9.17, 15) is 29.7 Å². The summed E-state index contributed by atoms with van der Waals surface area (Å²) >= 11 is 6.15. The number of nitrogens with one attached hydrogen (secondary N) is 1. The Morgan fingerprint density at radius 1 is 1.07 bits per heavy atom. The Hall–Kier alpha value is -5.29. The number of aliphatic hydroxyl groups excluding tert-OH is 1. The smallest absolute Gasteiger partial charge is 0.335 e. The van der Waals surface area contributed by atoms with Gasteiger partial charge in [-0.05, 0) is 48.0 Å². The molecular formula is C28H18ClN3O8. The lowest BCUT2D eigenvalue weighted by Crippen LogP contribution is -2.32. The van der Waals surface area contributed by atoms with E-state index in [2.05, 4.69) is 9.97 Å². The maximum atomic E-state index is 13.9. The summed E-state index contributed by atoms with van der Waals surface area (Å²) in [5.41, 5.74) is 1.03. The van der Waals surface area contributed by atoms with Gasteiger partial charge in [0.25, 0.3) is 5.91 Å². The SMILES string of the molecule is COc1cc(Cl)cc2cc(C(=O)C3=C(O)C(=O)N(c4nc5ccc(C(=O)O)cc5[nH]4)C3c3ccc(O)cc3)oc12. The molecular weight excluding hydrogens is 542 g/mol. The molecule has 2 aromatic heterocycles. The van der Waals surface area contributed by atoms with Gasteiger partial charge in [0.2, 0.25) is 11.7 Å². The van der Waals surface area contributed by atoms with Crippen LogP contribution in [0, 0.1) is 0 Å². The van der Waals surface area contributed by atoms with Crippen molar-refractivity contribution >= 4 is 57.2 Å². The van der Waals surface area contributed by atoms with Crippen molar-refractivity contribution in [2.75, 3.05) is 12.0 Å². The molecule has 0 fully saturated rings. The fourth-order valence-electron chi connectivity index (χ4n) is 4.75. The Morgan fingerprint density at radius 3 is 2.52 bits per heavy atom. The topological polar surface area (TPSA) is 166 Å². The molecule has 1 amide bonds. The van der Waals surface area contributed by atoms with Crippen molar-refractivity contribution in [1.82, 2.24) is 9.97 Å². The van der Waals surface area contributed by atoms with Crippen LogP contribution in [0.15, 0.2) is 76.4 Å². The number of aromatic amines is 1. The quantitative estimate of drug-likeness (QED) is 0.205. The second kappa shape index (κ2) is 9.17. The molecule has 6 rings (SSSR count). The van der Waals surface area contributed by atoms with E-state index in [1.807, 2.05) is 0 Å². The maximum Gasteiger partial charge on any atom is 0.335 e. The molecule has 0 radical (unpaired) electrons. The molecule has 0 bridgehead atoms. The van der Waals surface area contributed by atoms with Crippen LogP contribution in [0.5, 0.6) is 11.5 Å². The van der Waals surface area contributed by atoms with Gasteiger partial charge in [0.05, 0.1) is 35.3 Å². The van der Waals surface area contributed by atoms with E-state index < -0.39 is 29.5 Å². The first-order chi connectivity index (χ1) is 19.2. The second-order valence-electron chi connectivity index (χ2n) is 9.00. The number of methoxy groups -OCH3 is 1. The van der Waals surface area contributed by atoms with Crippen molar-refractivity contribution in [3.63, 3.8) is 0 Å². The minimum Gasteiger partial charge on any atom is -0.508 e. The van der Waals surface area contributed by atoms with Gasteiger partial charge in [0.1, 0.15) is 5.75 Å². The number of anilines is 1. The molecule has 200 valence electrons. The Morgan fingerprint density at radius 2 is 1.82 bits per heavy atom. The second-order valence-corrected chi connectivity index (χ2v) is 9.43. The van der Waals surface area contributed by atoms with Crippen LogP contribution in [0.2, 0.25) is 5.02 Å². The molecule has 0 aliphatic carbocycles. The lowest BCUT2D eigenvalue weighted by Gasteiger charge is -2.24. The number of aliphatic hydroxyl groups is 1. The number of aromatic hydroxyl groups is 1. The molecule has 0 saturated carbocycles. The number of carbonyl (C=O) groups excluding carboxylic acids is 2. The number of aromatic carboxylic acids is 1. The highest BCUT2D eigenvalue weighted by molar-refractivity contribution is 6.31. The Balaban J connectivity index is 1.50. The summed E-state index contributed by atoms with van der Waals surface area (Å²) in [5.74, 6) is -3.62. The summed E-state index contributed by atoms with van der Waals surface area (Å²) in [6.45, 7) is 0. The maximum absolute atomic E-state index is 13.9. The largest absolute Gasteiger partial charge is 0.508 e. The number of halogens is 1. The number of H-pyrrole nitrogens is 1. The zero-order valence-corrected chi connectivity index (χ0v) is 21.3. The zero-order valence-electron chi connectivity index (χ0n) is 20.5. The van der Waals surface area contributed by atoms with E-state index >= 15 is 0 Å². The van der Waals surface area contributed by atoms with Crippen LogP contribution < -0.4 is 9.64 Å². The number of rotatable bonds is 6. The van der Waals surface area contributed by atoms with Gasteiger partial charge in [-0.2, -0.15) is 0 Å². The van der Waals surface area contributed by atoms with Gasteiger partial charge in [-0.25, -0.2) is 9.78 Å². The van der Waals surface area contributed by atoms with Crippen molar-refractivity contribution in [3.05, 3.63) is 93.9 Å². The molecule has 0 spiro atoms. The average Bonchev–Trinajstić information content (AvgIpc) is 3.62. The number of aromatic nitrogens is 2. The summed E-state index contributed by atoms with van der Waals surface area (Å²) in [5, 5.41) is 31.0. The summed E-state index contributed by atoms with van der Waals surface area (Å²) in [7, 11) is 1.42. The zero-order chi connectivity index (χ0) is 28.3. The average molecular weight is 560 g/mol. The van der Waals surface area contributed by atoms with Gasteiger partial charge >= 0.3 is 5.97 Å². The number of Topliss-reactive ketones (excluding diaryl/α,β-unsaturated/α-hetero) is 1. The van der Waals surface area contributed by atoms with Crippen molar-refractivity contribution in [3.8, 4) is 11.5 Å². The van der Waals surface area contributed by atoms with Crippen LogP contribution in [-0.4, -0.2) is 50.1 Å². The Bertz CT molecular complexity index is 1900. The summed E-state index contributed by atoms with van der Waals surface area (Å²) in [6, 6.07) is 13.3. The van der Waals surface area contributed by atoms with Crippen LogP contribution in [0.25, 0.3) is 22.0 Å². The normalized spacial score (nSPS) is 15.4. The molecule has 3 heterocycles. The molecule has 4 N–H and O–H groups in total. The van der Waals surface area contributed by atoms with Gasteiger partial charge in [-0.15, -0.1) is 0 Å². The number of phenols is 1. The van der Waals surface area contributed by atoms with Gasteiger partial charge in [-0.1, -0.05) is 23.7 Å². The van der Waals surface area contributed by atoms with E-state index in [1.165, 1.54) is 61.7 Å². The molecule has 3 aromatic carbocycles. The number of imidazole rings is 1. The van der Waals surface area contributed by atoms with Crippen LogP contribution in [0.1, 0.15) is 32.5 Å². The fraction of sp³-hybridized carbons (Fsp3) is 0.0714. The summed E-state index contributed by atoms with van der Waals surface area (Å²) in [6.07, 6.45) is 0. The van der Waals surface area contributed by atoms with E-state index in [0.29, 0.717) is 32.8 Å². The Labute approximate surface area is 229 Å². The van der Waals surface area contributed by atoms with Crippen LogP contribution in [-0.2, 0) is 4.79 Å². The van der Waals surface area contributed by atoms with Crippen LogP contribution in [0.3, 0.4) is 0 Å². The highest BCUT2D eigenvalue weighted by Crippen LogP contribution is 2.43. The fourth-order valence-corrected chi connectivity index (χ4v) is 4.97. The minimum atomic E-state index is -1.18. The number of phenolic OH excluding ortho intramolecular Hbond substituents is 1. The molecule has 12 heteroatoms. The van der Waals surface area contributed by atoms with Crippen LogP contribution >= 0.6 is 11.6 Å². The molecule has 1 aliphatic rings. The van der Waals surface area contributed by atoms with E-state index in [-0.39, 0.29) is 34.2 Å². The van der Waals surface area contributed by atoms with Gasteiger partial charge in [-0.3, -0.25) is 14.5 Å². The minimum absolute atomic E-state index is 0.00258. The third-order valence-electron chi connectivity index (χ3n) is 6.60. The molecule has 5 aromatic rings. The molecule has 11 nitrogen and oxygen atoms in total. The third-order valence-corrected chi connectivity index (χ3v) is 6.81. The summed E-state index contributed by atoms with van der Waals surface area (Å²) in [4.78, 5) is 47.2. The van der Waals surface area contributed by atoms with Gasteiger partial charge in [0.15, 0.2) is 22.9 Å². The number of carboxylic acids is 1. The number of carbonyl (C=O) groups is 3. The van der Waals surface area contributed by atoms with Crippen LogP contribution in [0.4, 0.5) is 5.95 Å². The van der Waals surface area contributed by atoms with Crippen molar-refractivity contribution < 1.29 is 38.9 Å². The number of furan rings is 1. The lowest BCUT2D eigenvalue weighted by molar-refractivity contribution is -0.117. The van der Waals surface area contributed by atoms with Crippen molar-refractivity contribution in [2.24, 2.45) is 0 Å². The lowest BCUT2D eigenvalue weighted by atomic mass is 9.95. The third kappa shape index (κ3) is 3.91. The highest BCUT2D eigenvalue weighted by Gasteiger charge is 2.46. The number of ketones is 1. The number of fused-ring (bicyclic) bond motifs is 2. The number of hydrogen-bond donors (Lipinski definition) is 4. The molecule has 0 saturated heterocycles. The van der Waals surface area contributed by atoms with Crippen molar-refractivity contribution in [1.29, 1.82) is 0 Å².